The first-order valence-electron chi connectivity index (χ1n) is 10.5. The summed E-state index contributed by atoms with van der Waals surface area (Å²) in [6.07, 6.45) is 1.43. The van der Waals surface area contributed by atoms with Crippen molar-refractivity contribution in [3.8, 4) is 0 Å². The number of carbonyl (C=O) groups is 2. The molecule has 1 N–H and O–H groups in total. The van der Waals surface area contributed by atoms with Crippen molar-refractivity contribution in [1.82, 2.24) is 0 Å². The molecule has 1 amide bonds. The van der Waals surface area contributed by atoms with Gasteiger partial charge in [0.1, 0.15) is 0 Å². The number of amides is 1. The van der Waals surface area contributed by atoms with E-state index in [1.54, 1.807) is 61.5 Å². The highest BCUT2D eigenvalue weighted by atomic mass is 35.5. The van der Waals surface area contributed by atoms with E-state index < -0.39 is 10.0 Å². The topological polar surface area (TPSA) is 83.6 Å². The molecule has 34 heavy (non-hydrogen) atoms. The first kappa shape index (κ1) is 25.7. The summed E-state index contributed by atoms with van der Waals surface area (Å²) < 4.78 is 26.0. The molecule has 0 heterocycles. The van der Waals surface area contributed by atoms with Gasteiger partial charge in [-0.15, -0.1) is 0 Å². The van der Waals surface area contributed by atoms with E-state index >= 15 is 0 Å². The number of benzene rings is 3. The van der Waals surface area contributed by atoms with Crippen molar-refractivity contribution >= 4 is 56.3 Å². The molecule has 0 unspecified atom stereocenters. The zero-order valence-electron chi connectivity index (χ0n) is 18.7. The van der Waals surface area contributed by atoms with Crippen LogP contribution in [0.2, 0.25) is 10.0 Å². The number of rotatable bonds is 9. The number of halogens is 2. The molecule has 3 aromatic rings. The first-order chi connectivity index (χ1) is 16.1. The predicted octanol–water partition coefficient (Wildman–Crippen LogP) is 5.72. The Kier molecular flexibility index (Phi) is 8.36. The molecule has 0 radical (unpaired) electrons. The Morgan fingerprint density at radius 3 is 2.26 bits per heavy atom. The lowest BCUT2D eigenvalue weighted by Gasteiger charge is -2.24. The van der Waals surface area contributed by atoms with Gasteiger partial charge >= 0.3 is 0 Å². The molecule has 0 aliphatic carbocycles. The average molecular weight is 519 g/mol. The molecule has 0 saturated heterocycles. The quantitative estimate of drug-likeness (QED) is 0.367. The van der Waals surface area contributed by atoms with Gasteiger partial charge in [-0.3, -0.25) is 13.9 Å². The standard InChI is InChI=1S/C25H24Cl2N2O4S/c1-17-10-11-20(27)16-23(17)29(34(2,32)33)14-6-9-24(30)28-22-13-12-19(26)15-21(22)25(31)18-7-4-3-5-8-18/h3-5,7-8,10-13,15-16H,6,9,14H2,1-2H3,(H,28,30). The highest BCUT2D eigenvalue weighted by Gasteiger charge is 2.20. The third-order valence-electron chi connectivity index (χ3n) is 5.14. The van der Waals surface area contributed by atoms with Gasteiger partial charge in [-0.2, -0.15) is 0 Å². The number of nitrogens with zero attached hydrogens (tertiary/aromatic N) is 1. The smallest absolute Gasteiger partial charge is 0.232 e. The van der Waals surface area contributed by atoms with Crippen molar-refractivity contribution in [2.24, 2.45) is 0 Å². The van der Waals surface area contributed by atoms with Crippen LogP contribution >= 0.6 is 23.2 Å². The highest BCUT2D eigenvalue weighted by molar-refractivity contribution is 7.92. The van der Waals surface area contributed by atoms with E-state index in [9.17, 15) is 18.0 Å². The maximum Gasteiger partial charge on any atom is 0.232 e. The molecule has 6 nitrogen and oxygen atoms in total. The molecule has 0 aliphatic rings. The number of nitrogens with one attached hydrogen (secondary N) is 1. The lowest BCUT2D eigenvalue weighted by molar-refractivity contribution is -0.116. The van der Waals surface area contributed by atoms with Crippen LogP contribution in [0.15, 0.2) is 66.7 Å². The van der Waals surface area contributed by atoms with Crippen LogP contribution in [0, 0.1) is 6.92 Å². The number of aryl methyl sites for hydroxylation is 1. The molecule has 0 bridgehead atoms. The van der Waals surface area contributed by atoms with Crippen LogP contribution < -0.4 is 9.62 Å². The number of hydrogen-bond donors (Lipinski definition) is 1. The van der Waals surface area contributed by atoms with Gasteiger partial charge < -0.3 is 5.32 Å². The molecule has 0 saturated carbocycles. The second kappa shape index (κ2) is 11.0. The zero-order valence-corrected chi connectivity index (χ0v) is 21.0. The van der Waals surface area contributed by atoms with Crippen LogP contribution in [-0.4, -0.2) is 32.9 Å². The van der Waals surface area contributed by atoms with Crippen LogP contribution in [0.4, 0.5) is 11.4 Å². The number of ketones is 1. The summed E-state index contributed by atoms with van der Waals surface area (Å²) in [5, 5.41) is 3.55. The Labute approximate surface area is 209 Å². The van der Waals surface area contributed by atoms with Gasteiger partial charge in [0.05, 0.1) is 17.6 Å². The summed E-state index contributed by atoms with van der Waals surface area (Å²) in [5.74, 6) is -0.612. The fraction of sp³-hybridized carbons (Fsp3) is 0.200. The number of hydrogen-bond acceptors (Lipinski definition) is 4. The molecule has 0 spiro atoms. The predicted molar refractivity (Wildman–Crippen MR) is 138 cm³/mol. The molecule has 0 atom stereocenters. The lowest BCUT2D eigenvalue weighted by atomic mass is 10.0. The Morgan fingerprint density at radius 2 is 1.59 bits per heavy atom. The fourth-order valence-electron chi connectivity index (χ4n) is 3.47. The SMILES string of the molecule is Cc1ccc(Cl)cc1N(CCCC(=O)Nc1ccc(Cl)cc1C(=O)c1ccccc1)S(C)(=O)=O. The normalized spacial score (nSPS) is 11.2. The molecule has 0 fully saturated rings. The molecule has 178 valence electrons. The summed E-state index contributed by atoms with van der Waals surface area (Å²) in [6, 6.07) is 18.4. The summed E-state index contributed by atoms with van der Waals surface area (Å²) in [7, 11) is -3.58. The summed E-state index contributed by atoms with van der Waals surface area (Å²) in [5.41, 5.74) is 2.32. The van der Waals surface area contributed by atoms with Gasteiger partial charge in [0.15, 0.2) is 5.78 Å². The van der Waals surface area contributed by atoms with Crippen molar-refractivity contribution < 1.29 is 18.0 Å². The van der Waals surface area contributed by atoms with Gasteiger partial charge in [0, 0.05) is 34.1 Å². The third-order valence-corrected chi connectivity index (χ3v) is 6.79. The second-order valence-corrected chi connectivity index (χ2v) is 10.6. The Bertz CT molecular complexity index is 1310. The minimum absolute atomic E-state index is 0.0488. The second-order valence-electron chi connectivity index (χ2n) is 7.80. The fourth-order valence-corrected chi connectivity index (χ4v) is 4.82. The zero-order chi connectivity index (χ0) is 24.9. The van der Waals surface area contributed by atoms with E-state index in [1.807, 2.05) is 6.07 Å². The van der Waals surface area contributed by atoms with Crippen LogP contribution in [0.1, 0.15) is 34.3 Å². The summed E-state index contributed by atoms with van der Waals surface area (Å²) in [4.78, 5) is 25.6. The largest absolute Gasteiger partial charge is 0.325 e. The molecule has 0 aromatic heterocycles. The lowest BCUT2D eigenvalue weighted by Crippen LogP contribution is -2.32. The molecular formula is C25H24Cl2N2O4S. The van der Waals surface area contributed by atoms with Crippen LogP contribution in [-0.2, 0) is 14.8 Å². The van der Waals surface area contributed by atoms with Gasteiger partial charge in [-0.05, 0) is 49.2 Å². The van der Waals surface area contributed by atoms with Crippen molar-refractivity contribution in [1.29, 1.82) is 0 Å². The minimum Gasteiger partial charge on any atom is -0.325 e. The van der Waals surface area contributed by atoms with E-state index in [-0.39, 0.29) is 36.6 Å². The van der Waals surface area contributed by atoms with Gasteiger partial charge in [0.2, 0.25) is 15.9 Å². The van der Waals surface area contributed by atoms with Crippen molar-refractivity contribution in [3.05, 3.63) is 93.5 Å². The monoisotopic (exact) mass is 518 g/mol. The van der Waals surface area contributed by atoms with E-state index in [0.29, 0.717) is 27.0 Å². The molecule has 3 rings (SSSR count). The van der Waals surface area contributed by atoms with Crippen molar-refractivity contribution in [3.63, 3.8) is 0 Å². The first-order valence-corrected chi connectivity index (χ1v) is 13.1. The van der Waals surface area contributed by atoms with E-state index in [1.165, 1.54) is 10.4 Å². The number of sulfonamides is 1. The molecular weight excluding hydrogens is 495 g/mol. The molecule has 0 aliphatic heterocycles. The summed E-state index contributed by atoms with van der Waals surface area (Å²) in [6.45, 7) is 1.90. The van der Waals surface area contributed by atoms with Crippen molar-refractivity contribution in [2.45, 2.75) is 19.8 Å². The Hall–Kier alpha value is -2.87. The average Bonchev–Trinajstić information content (AvgIpc) is 2.79. The summed E-state index contributed by atoms with van der Waals surface area (Å²) >= 11 is 12.2. The molecule has 3 aromatic carbocycles. The van der Waals surface area contributed by atoms with Crippen LogP contribution in [0.25, 0.3) is 0 Å². The van der Waals surface area contributed by atoms with E-state index in [4.69, 9.17) is 23.2 Å². The van der Waals surface area contributed by atoms with Crippen molar-refractivity contribution in [2.75, 3.05) is 22.4 Å². The van der Waals surface area contributed by atoms with Crippen LogP contribution in [0.5, 0.6) is 0 Å². The third kappa shape index (κ3) is 6.59. The maximum absolute atomic E-state index is 12.9. The van der Waals surface area contributed by atoms with Gasteiger partial charge in [-0.1, -0.05) is 59.6 Å². The maximum atomic E-state index is 12.9. The van der Waals surface area contributed by atoms with Gasteiger partial charge in [0.25, 0.3) is 0 Å². The van der Waals surface area contributed by atoms with Gasteiger partial charge in [-0.25, -0.2) is 8.42 Å². The van der Waals surface area contributed by atoms with E-state index in [2.05, 4.69) is 5.32 Å². The molecule has 9 heteroatoms. The minimum atomic E-state index is -3.58. The van der Waals surface area contributed by atoms with E-state index in [0.717, 1.165) is 11.8 Å². The number of anilines is 2. The highest BCUT2D eigenvalue weighted by Crippen LogP contribution is 2.27. The number of carbonyl (C=O) groups excluding carboxylic acids is 2. The van der Waals surface area contributed by atoms with Crippen LogP contribution in [0.3, 0.4) is 0 Å². The Morgan fingerprint density at radius 1 is 0.941 bits per heavy atom. The Balaban J connectivity index is 1.71.